The second-order valence-electron chi connectivity index (χ2n) is 1.32. The average molecular weight is 210 g/mol. The van der Waals surface area contributed by atoms with Gasteiger partial charge in [0.15, 0.2) is 0 Å². The van der Waals surface area contributed by atoms with E-state index in [1.807, 2.05) is 0 Å². The van der Waals surface area contributed by atoms with E-state index in [-0.39, 0.29) is 20.3 Å². The fourth-order valence-corrected chi connectivity index (χ4v) is 0.500. The summed E-state index contributed by atoms with van der Waals surface area (Å²) in [7, 11) is 0. The molecule has 0 aromatic carbocycles. The summed E-state index contributed by atoms with van der Waals surface area (Å²) in [6.07, 6.45) is 1.14. The number of hydrogen-bond donors (Lipinski definition) is 1. The molecule has 3 heteroatoms. The SMILES string of the molecule is CCC(C)[Te]O.[H-].[Li+]. The quantitative estimate of drug-likeness (QED) is 0.519. The molecule has 0 radical (unpaired) electrons. The van der Waals surface area contributed by atoms with E-state index in [4.69, 9.17) is 3.47 Å². The zero-order valence-corrected chi connectivity index (χ0v) is 7.47. The summed E-state index contributed by atoms with van der Waals surface area (Å²) in [6, 6.07) is 0. The second-order valence-corrected chi connectivity index (χ2v) is 4.22. The summed E-state index contributed by atoms with van der Waals surface area (Å²) in [6.45, 7) is 4.19. The zero-order chi connectivity index (χ0) is 4.99. The fraction of sp³-hybridized carbons (Fsp3) is 1.00. The van der Waals surface area contributed by atoms with Crippen LogP contribution in [0, 0.1) is 0 Å². The molecule has 0 aliphatic heterocycles. The largest absolute Gasteiger partial charge is 1.00 e. The van der Waals surface area contributed by atoms with Crippen LogP contribution in [-0.2, 0) is 0 Å². The normalized spacial score (nSPS) is 12.4. The van der Waals surface area contributed by atoms with Crippen LogP contribution in [0.25, 0.3) is 0 Å². The van der Waals surface area contributed by atoms with Crippen molar-refractivity contribution in [1.82, 2.24) is 0 Å². The predicted octanol–water partition coefficient (Wildman–Crippen LogP) is -2.07. The molecule has 1 unspecified atom stereocenters. The maximum Gasteiger partial charge on any atom is 1.00 e. The van der Waals surface area contributed by atoms with E-state index in [1.165, 1.54) is 0 Å². The average Bonchev–Trinajstić information content (AvgIpc) is 1.65. The second kappa shape index (κ2) is 7.35. The molecule has 0 aromatic rings. The molecule has 0 bridgehead atoms. The molecule has 1 N–H and O–H groups in total. The van der Waals surface area contributed by atoms with Crippen molar-refractivity contribution in [2.75, 3.05) is 0 Å². The third-order valence-corrected chi connectivity index (χ3v) is 2.73. The van der Waals surface area contributed by atoms with Gasteiger partial charge in [0.05, 0.1) is 0 Å². The van der Waals surface area contributed by atoms with Crippen molar-refractivity contribution in [3.05, 3.63) is 0 Å². The summed E-state index contributed by atoms with van der Waals surface area (Å²) < 4.78 is 9.09. The molecule has 1 nitrogen and oxygen atoms in total. The topological polar surface area (TPSA) is 20.2 Å². The molecule has 0 spiro atoms. The van der Waals surface area contributed by atoms with E-state index in [0.29, 0.717) is 3.97 Å². The number of rotatable bonds is 2. The van der Waals surface area contributed by atoms with Crippen LogP contribution in [-0.4, -0.2) is 24.8 Å². The minimum absolute atomic E-state index is 0. The van der Waals surface area contributed by atoms with E-state index in [0.717, 1.165) is 6.42 Å². The van der Waals surface area contributed by atoms with Crippen molar-refractivity contribution in [1.29, 1.82) is 0 Å². The van der Waals surface area contributed by atoms with Gasteiger partial charge < -0.3 is 1.43 Å². The zero-order valence-electron chi connectivity index (χ0n) is 6.14. The molecule has 0 saturated heterocycles. The Hall–Kier alpha value is 1.35. The summed E-state index contributed by atoms with van der Waals surface area (Å²) in [4.78, 5) is 0. The maximum absolute atomic E-state index is 8.46. The summed E-state index contributed by atoms with van der Waals surface area (Å²) in [5.41, 5.74) is 0. The standard InChI is InChI=1S/C4H10OTe.Li.H/c1-3-4(2)6-5;;/h4-5H,3H2,1-2H3;;/q;+1;-1. The molecule has 0 fully saturated rings. The Morgan fingerprint density at radius 1 is 1.86 bits per heavy atom. The van der Waals surface area contributed by atoms with Gasteiger partial charge in [0, 0.05) is 0 Å². The van der Waals surface area contributed by atoms with Crippen LogP contribution < -0.4 is 18.9 Å². The molecule has 7 heavy (non-hydrogen) atoms. The van der Waals surface area contributed by atoms with Gasteiger partial charge >= 0.3 is 67.9 Å². The van der Waals surface area contributed by atoms with Gasteiger partial charge in [-0.2, -0.15) is 0 Å². The summed E-state index contributed by atoms with van der Waals surface area (Å²) in [5, 5.41) is 0. The van der Waals surface area contributed by atoms with Crippen LogP contribution in [0.3, 0.4) is 0 Å². The van der Waals surface area contributed by atoms with E-state index < -0.39 is 21.3 Å². The molecule has 0 aromatic heterocycles. The molecule has 0 aliphatic rings. The van der Waals surface area contributed by atoms with Crippen LogP contribution in [0.4, 0.5) is 0 Å². The molecule has 0 aliphatic carbocycles. The van der Waals surface area contributed by atoms with E-state index in [9.17, 15) is 0 Å². The van der Waals surface area contributed by atoms with Crippen molar-refractivity contribution >= 4 is 21.3 Å². The number of hydrogen-bond acceptors (Lipinski definition) is 1. The third-order valence-electron chi connectivity index (χ3n) is 0.755. The van der Waals surface area contributed by atoms with Gasteiger partial charge in [0.1, 0.15) is 0 Å². The van der Waals surface area contributed by atoms with Gasteiger partial charge in [0.2, 0.25) is 0 Å². The van der Waals surface area contributed by atoms with Crippen molar-refractivity contribution in [2.45, 2.75) is 24.2 Å². The van der Waals surface area contributed by atoms with Crippen molar-refractivity contribution in [2.24, 2.45) is 0 Å². The van der Waals surface area contributed by atoms with Gasteiger partial charge in [0.25, 0.3) is 0 Å². The van der Waals surface area contributed by atoms with Crippen molar-refractivity contribution in [3.63, 3.8) is 0 Å². The molecule has 40 valence electrons. The molecule has 0 amide bonds. The Morgan fingerprint density at radius 3 is 2.29 bits per heavy atom. The third kappa shape index (κ3) is 7.35. The Bertz CT molecular complexity index is 35.2. The molecule has 0 saturated carbocycles. The minimum Gasteiger partial charge on any atom is -1.00 e. The van der Waals surface area contributed by atoms with Gasteiger partial charge in [-0.05, 0) is 0 Å². The van der Waals surface area contributed by atoms with Crippen molar-refractivity contribution in [3.8, 4) is 0 Å². The summed E-state index contributed by atoms with van der Waals surface area (Å²) >= 11 is -0.598. The van der Waals surface area contributed by atoms with Gasteiger partial charge in [-0.15, -0.1) is 0 Å². The van der Waals surface area contributed by atoms with Gasteiger partial charge in [-0.25, -0.2) is 0 Å². The van der Waals surface area contributed by atoms with E-state index in [1.54, 1.807) is 0 Å². The van der Waals surface area contributed by atoms with Crippen molar-refractivity contribution < 1.29 is 23.8 Å². The first-order valence-corrected chi connectivity index (χ1v) is 4.50. The Morgan fingerprint density at radius 2 is 2.29 bits per heavy atom. The predicted molar refractivity (Wildman–Crippen MR) is 28.8 cm³/mol. The van der Waals surface area contributed by atoms with Crippen LogP contribution >= 0.6 is 0 Å². The maximum atomic E-state index is 8.46. The molecule has 0 rings (SSSR count). The molecule has 1 atom stereocenters. The van der Waals surface area contributed by atoms with E-state index >= 15 is 0 Å². The fourth-order valence-electron chi connectivity index (χ4n) is 0.0745. The Kier molecular flexibility index (Phi) is 11.7. The smallest absolute Gasteiger partial charge is 1.00 e. The Balaban J connectivity index is -0.000000125. The summed E-state index contributed by atoms with van der Waals surface area (Å²) in [5.74, 6) is 0. The van der Waals surface area contributed by atoms with Crippen LogP contribution in [0.5, 0.6) is 0 Å². The van der Waals surface area contributed by atoms with Gasteiger partial charge in [-0.1, -0.05) is 0 Å². The van der Waals surface area contributed by atoms with Crippen LogP contribution in [0.2, 0.25) is 3.97 Å². The first-order valence-electron chi connectivity index (χ1n) is 2.11. The van der Waals surface area contributed by atoms with Crippen LogP contribution in [0.1, 0.15) is 21.7 Å². The van der Waals surface area contributed by atoms with Crippen LogP contribution in [0.15, 0.2) is 0 Å². The molecule has 0 heterocycles. The minimum atomic E-state index is -0.598. The Labute approximate surface area is 69.2 Å². The first-order chi connectivity index (χ1) is 2.81. The monoisotopic (exact) mass is 212 g/mol. The van der Waals surface area contributed by atoms with E-state index in [2.05, 4.69) is 13.8 Å². The molecular formula is C4H11LiOTe. The first kappa shape index (κ1) is 11.2. The van der Waals surface area contributed by atoms with Gasteiger partial charge in [-0.3, -0.25) is 0 Å². The molecular weight excluding hydrogens is 199 g/mol.